The molecular weight excluding hydrogens is 464 g/mol. The molecule has 1 aliphatic rings. The number of nitrogens with one attached hydrogen (secondary N) is 1. The summed E-state index contributed by atoms with van der Waals surface area (Å²) in [6.45, 7) is 6.30. The fourth-order valence-electron chi connectivity index (χ4n) is 2.43. The van der Waals surface area contributed by atoms with Crippen LogP contribution < -0.4 is 15.8 Å². The number of morpholine rings is 1. The van der Waals surface area contributed by atoms with Gasteiger partial charge < -0.3 is 20.5 Å². The lowest BCUT2D eigenvalue weighted by Crippen LogP contribution is -2.48. The summed E-state index contributed by atoms with van der Waals surface area (Å²) < 4.78 is 45.4. The average Bonchev–Trinajstić information content (AvgIpc) is 2.58. The normalized spacial score (nSPS) is 17.3. The molecule has 0 bridgehead atoms. The largest absolute Gasteiger partial charge is 0.573 e. The number of aliphatic imine (C=N–C) groups is 1. The molecule has 1 aromatic rings. The van der Waals surface area contributed by atoms with Crippen LogP contribution in [0.1, 0.15) is 12.5 Å². The van der Waals surface area contributed by atoms with E-state index in [1.807, 2.05) is 0 Å². The number of hydrogen-bond acceptors (Lipinski definition) is 4. The van der Waals surface area contributed by atoms with Crippen molar-refractivity contribution in [2.75, 3.05) is 32.8 Å². The maximum atomic E-state index is 12.1. The van der Waals surface area contributed by atoms with Crippen LogP contribution in [0.2, 0.25) is 0 Å². The lowest BCUT2D eigenvalue weighted by molar-refractivity contribution is -0.274. The van der Waals surface area contributed by atoms with E-state index >= 15 is 0 Å². The Bertz CT molecular complexity index is 564. The average molecular weight is 488 g/mol. The van der Waals surface area contributed by atoms with Gasteiger partial charge in [-0.15, -0.1) is 37.1 Å². The van der Waals surface area contributed by atoms with Crippen molar-refractivity contribution in [3.63, 3.8) is 0 Å². The van der Waals surface area contributed by atoms with Gasteiger partial charge in [0.2, 0.25) is 0 Å². The van der Waals surface area contributed by atoms with Crippen LogP contribution in [0, 0.1) is 0 Å². The maximum absolute atomic E-state index is 12.1. The van der Waals surface area contributed by atoms with Crippen LogP contribution in [0.25, 0.3) is 0 Å². The Hall–Kier alpha value is -1.27. The maximum Gasteiger partial charge on any atom is 0.573 e. The summed E-state index contributed by atoms with van der Waals surface area (Å²) in [6, 6.07) is 5.85. The van der Waals surface area contributed by atoms with Gasteiger partial charge in [-0.3, -0.25) is 4.90 Å². The van der Waals surface area contributed by atoms with Crippen molar-refractivity contribution in [2.24, 2.45) is 10.7 Å². The second-order valence-electron chi connectivity index (χ2n) is 5.77. The number of rotatable bonds is 6. The number of halogens is 4. The van der Waals surface area contributed by atoms with E-state index in [9.17, 15) is 13.2 Å². The lowest BCUT2D eigenvalue weighted by atomic mass is 10.2. The van der Waals surface area contributed by atoms with Crippen LogP contribution >= 0.6 is 24.0 Å². The summed E-state index contributed by atoms with van der Waals surface area (Å²) in [4.78, 5) is 6.50. The third-order valence-electron chi connectivity index (χ3n) is 3.84. The standard InChI is InChI=1S/C16H23F3N4O2.HI/c1-12(23-6-8-24-9-7-23)10-21-15(20)22-11-13-2-4-14(5-3-13)25-16(17,18)19;/h2-5,12H,6-11H2,1H3,(H3,20,21,22);1H. The molecule has 10 heteroatoms. The fourth-order valence-corrected chi connectivity index (χ4v) is 2.43. The Labute approximate surface area is 167 Å². The molecule has 0 spiro atoms. The van der Waals surface area contributed by atoms with Gasteiger partial charge in [0.05, 0.1) is 19.8 Å². The molecule has 0 aromatic heterocycles. The van der Waals surface area contributed by atoms with Gasteiger partial charge in [0.25, 0.3) is 0 Å². The molecule has 1 unspecified atom stereocenters. The molecular formula is C16H24F3IN4O2. The third kappa shape index (κ3) is 8.41. The van der Waals surface area contributed by atoms with Gasteiger partial charge >= 0.3 is 6.36 Å². The molecule has 1 fully saturated rings. The first-order chi connectivity index (χ1) is 11.8. The van der Waals surface area contributed by atoms with Gasteiger partial charge in [0, 0.05) is 25.7 Å². The smallest absolute Gasteiger partial charge is 0.406 e. The second kappa shape index (κ2) is 10.8. The first-order valence-electron chi connectivity index (χ1n) is 8.04. The van der Waals surface area contributed by atoms with E-state index < -0.39 is 6.36 Å². The summed E-state index contributed by atoms with van der Waals surface area (Å²) in [5.41, 5.74) is 6.57. The zero-order valence-electron chi connectivity index (χ0n) is 14.5. The molecule has 1 aliphatic heterocycles. The van der Waals surface area contributed by atoms with E-state index in [1.54, 1.807) is 0 Å². The van der Waals surface area contributed by atoms with Crippen molar-refractivity contribution in [3.05, 3.63) is 29.8 Å². The number of alkyl halides is 3. The zero-order valence-corrected chi connectivity index (χ0v) is 16.8. The van der Waals surface area contributed by atoms with Gasteiger partial charge in [0.1, 0.15) is 5.75 Å². The molecule has 6 nitrogen and oxygen atoms in total. The molecule has 148 valence electrons. The Morgan fingerprint density at radius 3 is 2.50 bits per heavy atom. The molecule has 0 saturated carbocycles. The molecule has 1 saturated heterocycles. The van der Waals surface area contributed by atoms with Crippen LogP contribution in [-0.4, -0.2) is 56.1 Å². The molecule has 3 N–H and O–H groups in total. The molecule has 26 heavy (non-hydrogen) atoms. The Morgan fingerprint density at radius 2 is 1.92 bits per heavy atom. The first kappa shape index (κ1) is 22.8. The highest BCUT2D eigenvalue weighted by Gasteiger charge is 2.30. The fraction of sp³-hybridized carbons (Fsp3) is 0.562. The minimum Gasteiger partial charge on any atom is -0.406 e. The quantitative estimate of drug-likeness (QED) is 0.366. The highest BCUT2D eigenvalue weighted by atomic mass is 127. The highest BCUT2D eigenvalue weighted by Crippen LogP contribution is 2.22. The third-order valence-corrected chi connectivity index (χ3v) is 3.84. The summed E-state index contributed by atoms with van der Waals surface area (Å²) in [5.74, 6) is 0.0430. The number of benzene rings is 1. The number of nitrogens with zero attached hydrogens (tertiary/aromatic N) is 2. The molecule has 0 amide bonds. The van der Waals surface area contributed by atoms with Gasteiger partial charge in [0.15, 0.2) is 5.96 Å². The number of guanidine groups is 1. The number of ether oxygens (including phenoxy) is 2. The molecule has 2 rings (SSSR count). The summed E-state index contributed by atoms with van der Waals surface area (Å²) in [6.07, 6.45) is -4.69. The van der Waals surface area contributed by atoms with Gasteiger partial charge in [-0.1, -0.05) is 12.1 Å². The van der Waals surface area contributed by atoms with E-state index in [0.717, 1.165) is 31.9 Å². The van der Waals surface area contributed by atoms with E-state index in [1.165, 1.54) is 24.3 Å². The van der Waals surface area contributed by atoms with Crippen LogP contribution in [0.3, 0.4) is 0 Å². The molecule has 1 atom stereocenters. The van der Waals surface area contributed by atoms with Crippen molar-refractivity contribution >= 4 is 29.9 Å². The number of hydrogen-bond donors (Lipinski definition) is 2. The predicted octanol–water partition coefficient (Wildman–Crippen LogP) is 2.33. The molecule has 1 heterocycles. The lowest BCUT2D eigenvalue weighted by Gasteiger charge is -2.32. The minimum atomic E-state index is -4.69. The Kier molecular flexibility index (Phi) is 9.44. The predicted molar refractivity (Wildman–Crippen MR) is 104 cm³/mol. The van der Waals surface area contributed by atoms with Crippen LogP contribution in [0.4, 0.5) is 13.2 Å². The van der Waals surface area contributed by atoms with Gasteiger partial charge in [-0.2, -0.15) is 0 Å². The molecule has 1 aromatic carbocycles. The van der Waals surface area contributed by atoms with E-state index in [2.05, 4.69) is 26.9 Å². The number of nitrogens with two attached hydrogens (primary N) is 1. The SMILES string of the molecule is CC(CNC(N)=NCc1ccc(OC(F)(F)F)cc1)N1CCOCC1.I. The van der Waals surface area contributed by atoms with Crippen LogP contribution in [0.15, 0.2) is 29.3 Å². The summed E-state index contributed by atoms with van der Waals surface area (Å²) >= 11 is 0. The molecule has 0 radical (unpaired) electrons. The van der Waals surface area contributed by atoms with E-state index in [0.29, 0.717) is 18.5 Å². The van der Waals surface area contributed by atoms with E-state index in [4.69, 9.17) is 10.5 Å². The second-order valence-corrected chi connectivity index (χ2v) is 5.77. The van der Waals surface area contributed by atoms with Gasteiger partial charge in [-0.25, -0.2) is 4.99 Å². The van der Waals surface area contributed by atoms with Crippen molar-refractivity contribution in [1.82, 2.24) is 10.2 Å². The highest BCUT2D eigenvalue weighted by molar-refractivity contribution is 14.0. The van der Waals surface area contributed by atoms with Crippen molar-refractivity contribution in [3.8, 4) is 5.75 Å². The van der Waals surface area contributed by atoms with Gasteiger partial charge in [-0.05, 0) is 24.6 Å². The van der Waals surface area contributed by atoms with Crippen LogP contribution in [0.5, 0.6) is 5.75 Å². The Balaban J connectivity index is 0.00000338. The van der Waals surface area contributed by atoms with Crippen molar-refractivity contribution in [2.45, 2.75) is 25.9 Å². The molecule has 0 aliphatic carbocycles. The summed E-state index contributed by atoms with van der Waals surface area (Å²) in [7, 11) is 0. The summed E-state index contributed by atoms with van der Waals surface area (Å²) in [5, 5.41) is 3.06. The monoisotopic (exact) mass is 488 g/mol. The van der Waals surface area contributed by atoms with Crippen LogP contribution in [-0.2, 0) is 11.3 Å². The van der Waals surface area contributed by atoms with Crippen molar-refractivity contribution < 1.29 is 22.6 Å². The minimum absolute atomic E-state index is 0. The topological polar surface area (TPSA) is 72.1 Å². The van der Waals surface area contributed by atoms with E-state index in [-0.39, 0.29) is 36.3 Å². The first-order valence-corrected chi connectivity index (χ1v) is 8.04. The Morgan fingerprint density at radius 1 is 1.31 bits per heavy atom. The zero-order chi connectivity index (χ0) is 18.3. The van der Waals surface area contributed by atoms with Crippen molar-refractivity contribution in [1.29, 1.82) is 0 Å².